The van der Waals surface area contributed by atoms with Crippen molar-refractivity contribution in [2.45, 2.75) is 57.7 Å². The second kappa shape index (κ2) is 7.66. The SMILES string of the molecule is Cc1cc(CN2CCCC3(CCC(=O)N3Cc3ccc(F)cc3)CC2)n(C)n1. The average molecular weight is 384 g/mol. The Balaban J connectivity index is 1.46. The molecule has 0 saturated carbocycles. The Hall–Kier alpha value is -2.21. The van der Waals surface area contributed by atoms with Crippen molar-refractivity contribution < 1.29 is 9.18 Å². The fourth-order valence-electron chi connectivity index (χ4n) is 4.86. The van der Waals surface area contributed by atoms with Crippen LogP contribution in [0.25, 0.3) is 0 Å². The lowest BCUT2D eigenvalue weighted by atomic mass is 9.87. The number of rotatable bonds is 4. The number of amides is 1. The van der Waals surface area contributed by atoms with Crippen LogP contribution < -0.4 is 0 Å². The van der Waals surface area contributed by atoms with Gasteiger partial charge in [-0.05, 0) is 62.9 Å². The summed E-state index contributed by atoms with van der Waals surface area (Å²) in [6.45, 7) is 5.54. The second-order valence-electron chi connectivity index (χ2n) is 8.36. The lowest BCUT2D eigenvalue weighted by Crippen LogP contribution is -2.45. The van der Waals surface area contributed by atoms with E-state index in [-0.39, 0.29) is 17.3 Å². The summed E-state index contributed by atoms with van der Waals surface area (Å²) in [5.41, 5.74) is 3.24. The molecule has 2 aromatic rings. The number of benzene rings is 1. The van der Waals surface area contributed by atoms with Gasteiger partial charge in [0.2, 0.25) is 5.91 Å². The maximum Gasteiger partial charge on any atom is 0.223 e. The molecule has 1 amide bonds. The molecular formula is C22H29FN4O. The van der Waals surface area contributed by atoms with Gasteiger partial charge in [0, 0.05) is 38.6 Å². The van der Waals surface area contributed by atoms with Crippen molar-refractivity contribution in [3.63, 3.8) is 0 Å². The van der Waals surface area contributed by atoms with E-state index in [1.54, 1.807) is 12.1 Å². The van der Waals surface area contributed by atoms with Crippen molar-refractivity contribution >= 4 is 5.91 Å². The van der Waals surface area contributed by atoms with E-state index >= 15 is 0 Å². The van der Waals surface area contributed by atoms with E-state index in [9.17, 15) is 9.18 Å². The van der Waals surface area contributed by atoms with Gasteiger partial charge in [0.15, 0.2) is 0 Å². The van der Waals surface area contributed by atoms with Crippen molar-refractivity contribution in [1.29, 1.82) is 0 Å². The highest BCUT2D eigenvalue weighted by Gasteiger charge is 2.45. The smallest absolute Gasteiger partial charge is 0.223 e. The predicted molar refractivity (Wildman–Crippen MR) is 106 cm³/mol. The molecule has 5 nitrogen and oxygen atoms in total. The number of carbonyl (C=O) groups excluding carboxylic acids is 1. The summed E-state index contributed by atoms with van der Waals surface area (Å²) in [4.78, 5) is 17.2. The van der Waals surface area contributed by atoms with E-state index in [0.717, 1.165) is 56.6 Å². The number of aromatic nitrogens is 2. The van der Waals surface area contributed by atoms with Gasteiger partial charge in [-0.15, -0.1) is 0 Å². The number of hydrogen-bond donors (Lipinski definition) is 0. The first-order valence-corrected chi connectivity index (χ1v) is 10.2. The monoisotopic (exact) mass is 384 g/mol. The molecule has 0 radical (unpaired) electrons. The Bertz CT molecular complexity index is 847. The van der Waals surface area contributed by atoms with Crippen molar-refractivity contribution in [3.8, 4) is 0 Å². The zero-order chi connectivity index (χ0) is 19.7. The number of nitrogens with zero attached hydrogens (tertiary/aromatic N) is 4. The summed E-state index contributed by atoms with van der Waals surface area (Å²) in [7, 11) is 2.00. The first kappa shape index (κ1) is 19.1. The molecule has 2 saturated heterocycles. The number of carbonyl (C=O) groups is 1. The number of likely N-dealkylation sites (tertiary alicyclic amines) is 2. The summed E-state index contributed by atoms with van der Waals surface area (Å²) in [5, 5.41) is 4.46. The van der Waals surface area contributed by atoms with E-state index < -0.39 is 0 Å². The van der Waals surface area contributed by atoms with Gasteiger partial charge in [0.1, 0.15) is 5.82 Å². The van der Waals surface area contributed by atoms with Crippen LogP contribution in [0.5, 0.6) is 0 Å². The second-order valence-corrected chi connectivity index (χ2v) is 8.36. The van der Waals surface area contributed by atoms with Gasteiger partial charge in [-0.1, -0.05) is 12.1 Å². The summed E-state index contributed by atoms with van der Waals surface area (Å²) in [6.07, 6.45) is 4.69. The van der Waals surface area contributed by atoms with Gasteiger partial charge in [0.05, 0.1) is 11.4 Å². The summed E-state index contributed by atoms with van der Waals surface area (Å²) in [6, 6.07) is 8.70. The van der Waals surface area contributed by atoms with Crippen LogP contribution in [0.1, 0.15) is 49.1 Å². The molecule has 1 spiro atoms. The Kier molecular flexibility index (Phi) is 5.23. The minimum atomic E-state index is -0.235. The van der Waals surface area contributed by atoms with Gasteiger partial charge in [-0.25, -0.2) is 4.39 Å². The van der Waals surface area contributed by atoms with Crippen LogP contribution >= 0.6 is 0 Å². The van der Waals surface area contributed by atoms with E-state index in [2.05, 4.69) is 21.0 Å². The van der Waals surface area contributed by atoms with Crippen LogP contribution in [-0.4, -0.2) is 44.1 Å². The molecule has 2 fully saturated rings. The third-order valence-electron chi connectivity index (χ3n) is 6.43. The number of hydrogen-bond acceptors (Lipinski definition) is 3. The normalized spacial score (nSPS) is 23.5. The van der Waals surface area contributed by atoms with Crippen molar-refractivity contribution in [2.75, 3.05) is 13.1 Å². The molecule has 28 heavy (non-hydrogen) atoms. The largest absolute Gasteiger partial charge is 0.333 e. The summed E-state index contributed by atoms with van der Waals surface area (Å²) < 4.78 is 15.2. The van der Waals surface area contributed by atoms with Crippen molar-refractivity contribution in [1.82, 2.24) is 19.6 Å². The molecule has 2 aliphatic heterocycles. The average Bonchev–Trinajstić information content (AvgIpc) is 3.04. The minimum absolute atomic E-state index is 0.0530. The van der Waals surface area contributed by atoms with Crippen LogP contribution in [0.15, 0.2) is 30.3 Å². The Morgan fingerprint density at radius 3 is 2.61 bits per heavy atom. The summed E-state index contributed by atoms with van der Waals surface area (Å²) in [5.74, 6) is 0.00163. The van der Waals surface area contributed by atoms with Gasteiger partial charge < -0.3 is 4.90 Å². The lowest BCUT2D eigenvalue weighted by molar-refractivity contribution is -0.132. The molecule has 2 aliphatic rings. The highest BCUT2D eigenvalue weighted by atomic mass is 19.1. The van der Waals surface area contributed by atoms with Gasteiger partial charge >= 0.3 is 0 Å². The third kappa shape index (κ3) is 3.83. The summed E-state index contributed by atoms with van der Waals surface area (Å²) >= 11 is 0. The Morgan fingerprint density at radius 1 is 1.11 bits per heavy atom. The van der Waals surface area contributed by atoms with E-state index in [0.29, 0.717) is 13.0 Å². The topological polar surface area (TPSA) is 41.4 Å². The standard InChI is InChI=1S/C22H29FN4O/c1-17-14-20(25(2)24-17)16-26-12-3-9-22(11-13-26)10-8-21(28)27(22)15-18-4-6-19(23)7-5-18/h4-7,14H,3,8-13,15-16H2,1-2H3. The first-order valence-electron chi connectivity index (χ1n) is 10.2. The molecule has 0 N–H and O–H groups in total. The van der Waals surface area contributed by atoms with E-state index in [4.69, 9.17) is 0 Å². The van der Waals surface area contributed by atoms with Crippen molar-refractivity contribution in [3.05, 3.63) is 53.1 Å². The van der Waals surface area contributed by atoms with Crippen LogP contribution in [0.2, 0.25) is 0 Å². The van der Waals surface area contributed by atoms with Crippen LogP contribution in [0, 0.1) is 12.7 Å². The molecule has 150 valence electrons. The molecule has 1 aromatic carbocycles. The zero-order valence-corrected chi connectivity index (χ0v) is 16.8. The molecular weight excluding hydrogens is 355 g/mol. The Labute approximate surface area is 166 Å². The molecule has 0 bridgehead atoms. The molecule has 6 heteroatoms. The molecule has 0 aliphatic carbocycles. The maximum absolute atomic E-state index is 13.2. The minimum Gasteiger partial charge on any atom is -0.333 e. The molecule has 1 unspecified atom stereocenters. The highest BCUT2D eigenvalue weighted by Crippen LogP contribution is 2.40. The van der Waals surface area contributed by atoms with Crippen LogP contribution in [0.4, 0.5) is 4.39 Å². The molecule has 3 heterocycles. The highest BCUT2D eigenvalue weighted by molar-refractivity contribution is 5.79. The molecule has 1 aromatic heterocycles. The maximum atomic E-state index is 13.2. The quantitative estimate of drug-likeness (QED) is 0.811. The van der Waals surface area contributed by atoms with Crippen LogP contribution in [0.3, 0.4) is 0 Å². The van der Waals surface area contributed by atoms with Gasteiger partial charge in [0.25, 0.3) is 0 Å². The molecule has 4 rings (SSSR count). The van der Waals surface area contributed by atoms with E-state index in [1.165, 1.54) is 17.8 Å². The third-order valence-corrected chi connectivity index (χ3v) is 6.43. The van der Waals surface area contributed by atoms with Gasteiger partial charge in [-0.2, -0.15) is 5.10 Å². The number of halogens is 1. The lowest BCUT2D eigenvalue weighted by Gasteiger charge is -2.38. The fraction of sp³-hybridized carbons (Fsp3) is 0.545. The first-order chi connectivity index (χ1) is 13.4. The van der Waals surface area contributed by atoms with Crippen molar-refractivity contribution in [2.24, 2.45) is 7.05 Å². The fourth-order valence-corrected chi connectivity index (χ4v) is 4.86. The zero-order valence-electron chi connectivity index (χ0n) is 16.8. The van der Waals surface area contributed by atoms with E-state index in [1.807, 2.05) is 18.7 Å². The Morgan fingerprint density at radius 2 is 1.89 bits per heavy atom. The van der Waals surface area contributed by atoms with Crippen LogP contribution in [-0.2, 0) is 24.9 Å². The van der Waals surface area contributed by atoms with Gasteiger partial charge in [-0.3, -0.25) is 14.4 Å². The molecule has 1 atom stereocenters. The number of aryl methyl sites for hydroxylation is 2. The predicted octanol–water partition coefficient (Wildman–Crippen LogP) is 3.41.